The lowest BCUT2D eigenvalue weighted by atomic mass is 10.1. The van der Waals surface area contributed by atoms with Crippen molar-refractivity contribution >= 4 is 23.4 Å². The van der Waals surface area contributed by atoms with Crippen molar-refractivity contribution in [3.8, 4) is 22.6 Å². The third kappa shape index (κ3) is 6.69. The number of amides is 3. The van der Waals surface area contributed by atoms with E-state index in [4.69, 9.17) is 9.84 Å². The second-order valence-electron chi connectivity index (χ2n) is 10.4. The summed E-state index contributed by atoms with van der Waals surface area (Å²) in [5.74, 6) is 1.12. The molecule has 0 aliphatic carbocycles. The van der Waals surface area contributed by atoms with Gasteiger partial charge in [0.2, 0.25) is 5.91 Å². The summed E-state index contributed by atoms with van der Waals surface area (Å²) >= 11 is 0. The van der Waals surface area contributed by atoms with Crippen LogP contribution < -0.4 is 15.4 Å². The molecule has 0 atom stereocenters. The van der Waals surface area contributed by atoms with E-state index in [1.165, 1.54) is 0 Å². The van der Waals surface area contributed by atoms with Gasteiger partial charge in [-0.05, 0) is 68.1 Å². The number of benzene rings is 3. The van der Waals surface area contributed by atoms with Gasteiger partial charge < -0.3 is 20.3 Å². The van der Waals surface area contributed by atoms with Gasteiger partial charge in [-0.1, -0.05) is 61.9 Å². The van der Waals surface area contributed by atoms with Gasteiger partial charge in [-0.3, -0.25) is 4.79 Å². The highest BCUT2D eigenvalue weighted by atomic mass is 16.5. The smallest absolute Gasteiger partial charge is 0.322 e. The Hall–Kier alpha value is -4.59. The van der Waals surface area contributed by atoms with E-state index in [0.717, 1.165) is 45.1 Å². The fourth-order valence-electron chi connectivity index (χ4n) is 4.66. The Morgan fingerprint density at radius 1 is 0.950 bits per heavy atom. The highest BCUT2D eigenvalue weighted by Gasteiger charge is 2.24. The number of methoxy groups -OCH3 is 1. The molecule has 4 rings (SSSR count). The number of hydrogen-bond donors (Lipinski definition) is 2. The largest absolute Gasteiger partial charge is 0.497 e. The Labute approximate surface area is 236 Å². The molecule has 0 aliphatic rings. The van der Waals surface area contributed by atoms with E-state index in [1.54, 1.807) is 16.7 Å². The summed E-state index contributed by atoms with van der Waals surface area (Å²) in [5.41, 5.74) is 6.10. The van der Waals surface area contributed by atoms with Gasteiger partial charge in [0.1, 0.15) is 18.1 Å². The van der Waals surface area contributed by atoms with Crippen LogP contribution in [0.2, 0.25) is 0 Å². The number of rotatable bonds is 9. The summed E-state index contributed by atoms with van der Waals surface area (Å²) in [6.07, 6.45) is 0. The van der Waals surface area contributed by atoms with Gasteiger partial charge in [-0.2, -0.15) is 5.10 Å². The molecule has 40 heavy (non-hydrogen) atoms. The minimum atomic E-state index is -0.320. The highest BCUT2D eigenvalue weighted by Crippen LogP contribution is 2.33. The van der Waals surface area contributed by atoms with Crippen LogP contribution in [0.25, 0.3) is 16.8 Å². The molecule has 0 bridgehead atoms. The van der Waals surface area contributed by atoms with Gasteiger partial charge in [-0.15, -0.1) is 0 Å². The van der Waals surface area contributed by atoms with Crippen molar-refractivity contribution in [2.45, 2.75) is 34.6 Å². The Morgan fingerprint density at radius 2 is 1.65 bits per heavy atom. The maximum Gasteiger partial charge on any atom is 0.322 e. The van der Waals surface area contributed by atoms with Crippen LogP contribution in [0.1, 0.15) is 30.7 Å². The average molecular weight is 540 g/mol. The molecule has 1 heterocycles. The van der Waals surface area contributed by atoms with Crippen molar-refractivity contribution in [1.82, 2.24) is 14.7 Å². The van der Waals surface area contributed by atoms with Gasteiger partial charge in [0.15, 0.2) is 0 Å². The number of aromatic nitrogens is 2. The molecule has 1 aromatic heterocycles. The number of aryl methyl sites for hydroxylation is 3. The Bertz CT molecular complexity index is 1480. The fraction of sp³-hybridized carbons (Fsp3) is 0.281. The van der Waals surface area contributed by atoms with Crippen LogP contribution in [-0.4, -0.2) is 46.8 Å². The predicted octanol–water partition coefficient (Wildman–Crippen LogP) is 6.60. The first-order valence-corrected chi connectivity index (χ1v) is 13.4. The third-order valence-electron chi connectivity index (χ3n) is 6.53. The molecular weight excluding hydrogens is 502 g/mol. The number of hydrogen-bond acceptors (Lipinski definition) is 4. The lowest BCUT2D eigenvalue weighted by Gasteiger charge is -2.25. The maximum atomic E-state index is 13.6. The first kappa shape index (κ1) is 28.4. The first-order valence-electron chi connectivity index (χ1n) is 13.4. The predicted molar refractivity (Wildman–Crippen MR) is 160 cm³/mol. The number of anilines is 2. The minimum absolute atomic E-state index is 0.115. The van der Waals surface area contributed by atoms with Crippen LogP contribution in [0.4, 0.5) is 16.3 Å². The number of nitrogens with zero attached hydrogens (tertiary/aromatic N) is 3. The molecular formula is C32H37N5O3. The van der Waals surface area contributed by atoms with Crippen LogP contribution in [-0.2, 0) is 4.79 Å². The molecule has 2 N–H and O–H groups in total. The first-order chi connectivity index (χ1) is 19.2. The zero-order valence-electron chi connectivity index (χ0n) is 24.0. The number of urea groups is 1. The van der Waals surface area contributed by atoms with Gasteiger partial charge in [0, 0.05) is 17.8 Å². The Morgan fingerprint density at radius 3 is 2.27 bits per heavy atom. The zero-order chi connectivity index (χ0) is 28.8. The topological polar surface area (TPSA) is 88.5 Å². The van der Waals surface area contributed by atoms with Crippen LogP contribution >= 0.6 is 0 Å². The van der Waals surface area contributed by atoms with Crippen molar-refractivity contribution < 1.29 is 14.3 Å². The van der Waals surface area contributed by atoms with Crippen molar-refractivity contribution in [3.63, 3.8) is 0 Å². The van der Waals surface area contributed by atoms with E-state index >= 15 is 0 Å². The molecule has 0 fully saturated rings. The Kier molecular flexibility index (Phi) is 8.89. The molecule has 0 radical (unpaired) electrons. The molecule has 0 aliphatic heterocycles. The van der Waals surface area contributed by atoms with Gasteiger partial charge in [0.05, 0.1) is 18.5 Å². The van der Waals surface area contributed by atoms with Crippen molar-refractivity contribution in [2.75, 3.05) is 30.8 Å². The quantitative estimate of drug-likeness (QED) is 0.251. The Balaban J connectivity index is 1.64. The number of carbonyl (C=O) groups excluding carboxylic acids is 2. The molecule has 8 nitrogen and oxygen atoms in total. The summed E-state index contributed by atoms with van der Waals surface area (Å²) < 4.78 is 7.03. The second-order valence-corrected chi connectivity index (χ2v) is 10.4. The molecule has 3 aromatic carbocycles. The minimum Gasteiger partial charge on any atom is -0.497 e. The summed E-state index contributed by atoms with van der Waals surface area (Å²) in [4.78, 5) is 28.4. The SMILES string of the molecule is COc1ccc(-n2nc(C)c(-c3ccccc3)c2NC(=O)CN(CC(C)C)C(=O)Nc2ccc(C)cc2C)cc1. The van der Waals surface area contributed by atoms with E-state index in [-0.39, 0.29) is 24.4 Å². The standard InChI is InChI=1S/C32H37N5O3/c1-21(2)19-36(32(39)33-28-17-12-22(3)18-23(28)4)20-29(38)34-31-30(25-10-8-7-9-11-25)24(5)35-37(31)26-13-15-27(40-6)16-14-26/h7-18,21H,19-20H2,1-6H3,(H,33,39)(H,34,38). The molecule has 0 saturated carbocycles. The molecule has 4 aromatic rings. The number of ether oxygens (including phenoxy) is 1. The lowest BCUT2D eigenvalue weighted by molar-refractivity contribution is -0.116. The van der Waals surface area contributed by atoms with E-state index in [0.29, 0.717) is 12.4 Å². The number of carbonyl (C=O) groups is 2. The fourth-order valence-corrected chi connectivity index (χ4v) is 4.66. The van der Waals surface area contributed by atoms with Crippen LogP contribution in [0.3, 0.4) is 0 Å². The van der Waals surface area contributed by atoms with Crippen molar-refractivity contribution in [3.05, 3.63) is 89.6 Å². The molecule has 0 spiro atoms. The van der Waals surface area contributed by atoms with Crippen LogP contribution in [0.5, 0.6) is 5.75 Å². The third-order valence-corrected chi connectivity index (χ3v) is 6.53. The summed E-state index contributed by atoms with van der Waals surface area (Å²) in [6.45, 7) is 10.2. The number of nitrogens with one attached hydrogen (secondary N) is 2. The highest BCUT2D eigenvalue weighted by molar-refractivity contribution is 5.99. The van der Waals surface area contributed by atoms with Crippen LogP contribution in [0.15, 0.2) is 72.8 Å². The van der Waals surface area contributed by atoms with Crippen molar-refractivity contribution in [2.24, 2.45) is 5.92 Å². The second kappa shape index (κ2) is 12.5. The van der Waals surface area contributed by atoms with Crippen molar-refractivity contribution in [1.29, 1.82) is 0 Å². The molecule has 8 heteroatoms. The van der Waals surface area contributed by atoms with Gasteiger partial charge in [0.25, 0.3) is 0 Å². The average Bonchev–Trinajstić information content (AvgIpc) is 3.25. The van der Waals surface area contributed by atoms with E-state index < -0.39 is 0 Å². The monoisotopic (exact) mass is 539 g/mol. The molecule has 3 amide bonds. The maximum absolute atomic E-state index is 13.6. The summed E-state index contributed by atoms with van der Waals surface area (Å²) in [6, 6.07) is 22.8. The molecule has 208 valence electrons. The molecule has 0 unspecified atom stereocenters. The van der Waals surface area contributed by atoms with Gasteiger partial charge >= 0.3 is 6.03 Å². The normalized spacial score (nSPS) is 10.9. The van der Waals surface area contributed by atoms with E-state index in [2.05, 4.69) is 10.6 Å². The van der Waals surface area contributed by atoms with E-state index in [1.807, 2.05) is 107 Å². The van der Waals surface area contributed by atoms with Crippen LogP contribution in [0, 0.1) is 26.7 Å². The zero-order valence-corrected chi connectivity index (χ0v) is 24.0. The molecule has 0 saturated heterocycles. The lowest BCUT2D eigenvalue weighted by Crippen LogP contribution is -2.42. The van der Waals surface area contributed by atoms with E-state index in [9.17, 15) is 9.59 Å². The summed E-state index contributed by atoms with van der Waals surface area (Å²) in [5, 5.41) is 10.8. The summed E-state index contributed by atoms with van der Waals surface area (Å²) in [7, 11) is 1.62. The van der Waals surface area contributed by atoms with Gasteiger partial charge in [-0.25, -0.2) is 9.48 Å².